The summed E-state index contributed by atoms with van der Waals surface area (Å²) < 4.78 is 0. The van der Waals surface area contributed by atoms with E-state index in [0.717, 1.165) is 18.4 Å². The Morgan fingerprint density at radius 2 is 1.94 bits per heavy atom. The van der Waals surface area contributed by atoms with E-state index >= 15 is 0 Å². The number of hydrogen-bond acceptors (Lipinski definition) is 2. The minimum absolute atomic E-state index is 0.547. The van der Waals surface area contributed by atoms with Gasteiger partial charge in [-0.15, -0.1) is 0 Å². The van der Waals surface area contributed by atoms with Gasteiger partial charge in [0.1, 0.15) is 0 Å². The molecule has 1 heterocycles. The number of aromatic nitrogens is 1. The van der Waals surface area contributed by atoms with Crippen molar-refractivity contribution in [2.45, 2.75) is 32.7 Å². The molecule has 2 rings (SSSR count). The van der Waals surface area contributed by atoms with Gasteiger partial charge >= 0.3 is 0 Å². The molecule has 2 aromatic rings. The second-order valence-corrected chi connectivity index (χ2v) is 4.03. The molecule has 0 aliphatic heterocycles. The Balaban J connectivity index is 2.36. The van der Waals surface area contributed by atoms with Crippen LogP contribution in [0, 0.1) is 0 Å². The summed E-state index contributed by atoms with van der Waals surface area (Å²) in [7, 11) is 0. The predicted octanol–water partition coefficient (Wildman–Crippen LogP) is 3.84. The van der Waals surface area contributed by atoms with Crippen molar-refractivity contribution in [2.75, 3.05) is 5.32 Å². The van der Waals surface area contributed by atoms with Crippen molar-refractivity contribution in [3.05, 3.63) is 36.5 Å². The first-order valence-electron chi connectivity index (χ1n) is 5.95. The van der Waals surface area contributed by atoms with Gasteiger partial charge in [-0.2, -0.15) is 0 Å². The van der Waals surface area contributed by atoms with E-state index in [0.29, 0.717) is 6.04 Å². The molecule has 0 bridgehead atoms. The highest BCUT2D eigenvalue weighted by molar-refractivity contribution is 5.91. The summed E-state index contributed by atoms with van der Waals surface area (Å²) in [5.74, 6) is 0. The Morgan fingerprint density at radius 3 is 2.69 bits per heavy atom. The van der Waals surface area contributed by atoms with E-state index in [2.05, 4.69) is 42.3 Å². The molecule has 0 atom stereocenters. The highest BCUT2D eigenvalue weighted by Gasteiger charge is 2.05. The number of hydrogen-bond donors (Lipinski definition) is 1. The zero-order chi connectivity index (χ0) is 11.4. The van der Waals surface area contributed by atoms with Crippen LogP contribution >= 0.6 is 0 Å². The Bertz CT molecular complexity index is 456. The van der Waals surface area contributed by atoms with Crippen LogP contribution in [0.1, 0.15) is 26.7 Å². The molecule has 84 valence electrons. The largest absolute Gasteiger partial charge is 0.382 e. The summed E-state index contributed by atoms with van der Waals surface area (Å²) in [4.78, 5) is 4.36. The van der Waals surface area contributed by atoms with Crippen LogP contribution in [-0.4, -0.2) is 11.0 Å². The molecule has 2 heteroatoms. The van der Waals surface area contributed by atoms with Crippen molar-refractivity contribution >= 4 is 16.6 Å². The number of rotatable bonds is 4. The molecule has 0 aliphatic carbocycles. The maximum atomic E-state index is 4.36. The van der Waals surface area contributed by atoms with Gasteiger partial charge in [0.2, 0.25) is 0 Å². The van der Waals surface area contributed by atoms with E-state index < -0.39 is 0 Å². The van der Waals surface area contributed by atoms with Crippen molar-refractivity contribution in [1.29, 1.82) is 0 Å². The van der Waals surface area contributed by atoms with Crippen LogP contribution in [0.2, 0.25) is 0 Å². The van der Waals surface area contributed by atoms with Gasteiger partial charge in [-0.3, -0.25) is 4.98 Å². The average molecular weight is 214 g/mol. The maximum absolute atomic E-state index is 4.36. The van der Waals surface area contributed by atoms with Gasteiger partial charge < -0.3 is 5.32 Å². The number of fused-ring (bicyclic) bond motifs is 1. The van der Waals surface area contributed by atoms with E-state index in [9.17, 15) is 0 Å². The van der Waals surface area contributed by atoms with Crippen molar-refractivity contribution < 1.29 is 0 Å². The summed E-state index contributed by atoms with van der Waals surface area (Å²) in [6, 6.07) is 10.9. The lowest BCUT2D eigenvalue weighted by molar-refractivity contribution is 0.672. The van der Waals surface area contributed by atoms with Crippen LogP contribution < -0.4 is 5.32 Å². The van der Waals surface area contributed by atoms with Gasteiger partial charge in [-0.1, -0.05) is 19.9 Å². The topological polar surface area (TPSA) is 24.9 Å². The van der Waals surface area contributed by atoms with Gasteiger partial charge in [0.15, 0.2) is 0 Å². The molecule has 0 amide bonds. The van der Waals surface area contributed by atoms with Crippen LogP contribution in [0.3, 0.4) is 0 Å². The number of nitrogens with one attached hydrogen (secondary N) is 1. The molecule has 16 heavy (non-hydrogen) atoms. The van der Waals surface area contributed by atoms with E-state index in [4.69, 9.17) is 0 Å². The van der Waals surface area contributed by atoms with Gasteiger partial charge in [0.25, 0.3) is 0 Å². The third-order valence-electron chi connectivity index (χ3n) is 2.99. The SMILES string of the molecule is CCC(CC)Nc1cccc2ncccc12. The van der Waals surface area contributed by atoms with Crippen LogP contribution in [-0.2, 0) is 0 Å². The Morgan fingerprint density at radius 1 is 1.12 bits per heavy atom. The average Bonchev–Trinajstić information content (AvgIpc) is 2.36. The first-order chi connectivity index (χ1) is 7.85. The summed E-state index contributed by atoms with van der Waals surface area (Å²) in [6.45, 7) is 4.43. The molecule has 1 N–H and O–H groups in total. The number of pyridine rings is 1. The second kappa shape index (κ2) is 4.97. The molecular weight excluding hydrogens is 196 g/mol. The first kappa shape index (κ1) is 10.9. The fraction of sp³-hybridized carbons (Fsp3) is 0.357. The van der Waals surface area contributed by atoms with Gasteiger partial charge in [-0.05, 0) is 37.1 Å². The lowest BCUT2D eigenvalue weighted by Gasteiger charge is -2.17. The first-order valence-corrected chi connectivity index (χ1v) is 5.95. The number of anilines is 1. The molecule has 2 nitrogen and oxygen atoms in total. The summed E-state index contributed by atoms with van der Waals surface area (Å²) in [6.07, 6.45) is 4.13. The molecule has 0 unspecified atom stereocenters. The maximum Gasteiger partial charge on any atom is 0.0722 e. The molecule has 0 radical (unpaired) electrons. The monoisotopic (exact) mass is 214 g/mol. The zero-order valence-corrected chi connectivity index (χ0v) is 9.90. The Labute approximate surface area is 96.7 Å². The van der Waals surface area contributed by atoms with Crippen molar-refractivity contribution in [1.82, 2.24) is 4.98 Å². The molecule has 0 spiro atoms. The van der Waals surface area contributed by atoms with Gasteiger partial charge in [-0.25, -0.2) is 0 Å². The van der Waals surface area contributed by atoms with Crippen molar-refractivity contribution in [2.24, 2.45) is 0 Å². The van der Waals surface area contributed by atoms with Crippen LogP contribution in [0.25, 0.3) is 10.9 Å². The van der Waals surface area contributed by atoms with Crippen molar-refractivity contribution in [3.63, 3.8) is 0 Å². The normalized spacial score (nSPS) is 10.9. The number of nitrogens with zero attached hydrogens (tertiary/aromatic N) is 1. The standard InChI is InChI=1S/C14H18N2/c1-3-11(4-2)16-14-9-5-8-13-12(14)7-6-10-15-13/h5-11,16H,3-4H2,1-2H3. The minimum Gasteiger partial charge on any atom is -0.382 e. The van der Waals surface area contributed by atoms with Crippen LogP contribution in [0.5, 0.6) is 0 Å². The van der Waals surface area contributed by atoms with E-state index in [1.54, 1.807) is 0 Å². The summed E-state index contributed by atoms with van der Waals surface area (Å²) in [5.41, 5.74) is 2.25. The smallest absolute Gasteiger partial charge is 0.0722 e. The van der Waals surface area contributed by atoms with Crippen LogP contribution in [0.15, 0.2) is 36.5 Å². The second-order valence-electron chi connectivity index (χ2n) is 4.03. The fourth-order valence-electron chi connectivity index (χ4n) is 1.94. The van der Waals surface area contributed by atoms with E-state index in [-0.39, 0.29) is 0 Å². The Kier molecular flexibility index (Phi) is 3.40. The van der Waals surface area contributed by atoms with Gasteiger partial charge in [0, 0.05) is 23.3 Å². The quantitative estimate of drug-likeness (QED) is 0.836. The minimum atomic E-state index is 0.547. The number of benzene rings is 1. The summed E-state index contributed by atoms with van der Waals surface area (Å²) >= 11 is 0. The molecule has 0 aliphatic rings. The molecule has 1 aromatic heterocycles. The molecule has 0 fully saturated rings. The third-order valence-corrected chi connectivity index (χ3v) is 2.99. The predicted molar refractivity (Wildman–Crippen MR) is 69.7 cm³/mol. The van der Waals surface area contributed by atoms with E-state index in [1.807, 2.05) is 18.3 Å². The van der Waals surface area contributed by atoms with Gasteiger partial charge in [0.05, 0.1) is 5.52 Å². The lowest BCUT2D eigenvalue weighted by Crippen LogP contribution is -2.17. The van der Waals surface area contributed by atoms with E-state index in [1.165, 1.54) is 11.1 Å². The zero-order valence-electron chi connectivity index (χ0n) is 9.90. The third kappa shape index (κ3) is 2.16. The van der Waals surface area contributed by atoms with Crippen LogP contribution in [0.4, 0.5) is 5.69 Å². The summed E-state index contributed by atoms with van der Waals surface area (Å²) in [5, 5.41) is 4.79. The molecule has 0 saturated carbocycles. The highest BCUT2D eigenvalue weighted by Crippen LogP contribution is 2.22. The van der Waals surface area contributed by atoms with Crippen molar-refractivity contribution in [3.8, 4) is 0 Å². The molecule has 1 aromatic carbocycles. The molecular formula is C14H18N2. The fourth-order valence-corrected chi connectivity index (χ4v) is 1.94. The Hall–Kier alpha value is -1.57. The highest BCUT2D eigenvalue weighted by atomic mass is 14.9. The molecule has 0 saturated heterocycles. The lowest BCUT2D eigenvalue weighted by atomic mass is 10.1.